The molecule has 0 aromatic heterocycles. The van der Waals surface area contributed by atoms with Crippen LogP contribution in [-0.4, -0.2) is 22.5 Å². The van der Waals surface area contributed by atoms with Crippen LogP contribution in [0.5, 0.6) is 0 Å². The van der Waals surface area contributed by atoms with Gasteiger partial charge in [0.1, 0.15) is 5.70 Å². The van der Waals surface area contributed by atoms with Gasteiger partial charge >= 0.3 is 0 Å². The standard InChI is InChI=1S/C10H16N2OS/c1-3-5-7-12-9(13)8(6-4-2)11-10(12)14/h6H,3-5,7H2,1-2H3,(H,11,14)/b8-6+. The lowest BCUT2D eigenvalue weighted by atomic mass is 10.3. The Balaban J connectivity index is 2.65. The Bertz CT molecular complexity index is 273. The van der Waals surface area contributed by atoms with E-state index in [1.165, 1.54) is 0 Å². The third-order valence-corrected chi connectivity index (χ3v) is 2.43. The van der Waals surface area contributed by atoms with Gasteiger partial charge in [-0.25, -0.2) is 0 Å². The van der Waals surface area contributed by atoms with Crippen LogP contribution >= 0.6 is 12.2 Å². The van der Waals surface area contributed by atoms with Gasteiger partial charge in [0.25, 0.3) is 5.91 Å². The smallest absolute Gasteiger partial charge is 0.276 e. The molecule has 1 saturated heterocycles. The number of nitrogens with one attached hydrogen (secondary N) is 1. The predicted molar refractivity (Wildman–Crippen MR) is 60.7 cm³/mol. The van der Waals surface area contributed by atoms with Crippen molar-refractivity contribution < 1.29 is 4.79 Å². The van der Waals surface area contributed by atoms with Gasteiger partial charge in [-0.05, 0) is 25.1 Å². The minimum Gasteiger partial charge on any atom is -0.328 e. The molecule has 4 heteroatoms. The number of amides is 1. The Morgan fingerprint density at radius 1 is 1.50 bits per heavy atom. The van der Waals surface area contributed by atoms with Gasteiger partial charge in [-0.3, -0.25) is 9.69 Å². The number of unbranched alkanes of at least 4 members (excludes halogenated alkanes) is 1. The monoisotopic (exact) mass is 212 g/mol. The highest BCUT2D eigenvalue weighted by Gasteiger charge is 2.29. The number of hydrogen-bond donors (Lipinski definition) is 1. The predicted octanol–water partition coefficient (Wildman–Crippen LogP) is 1.80. The summed E-state index contributed by atoms with van der Waals surface area (Å²) < 4.78 is 0. The normalized spacial score (nSPS) is 19.3. The van der Waals surface area contributed by atoms with E-state index in [4.69, 9.17) is 12.2 Å². The molecule has 1 N–H and O–H groups in total. The maximum atomic E-state index is 11.7. The van der Waals surface area contributed by atoms with E-state index >= 15 is 0 Å². The number of nitrogens with zero attached hydrogens (tertiary/aromatic N) is 1. The highest BCUT2D eigenvalue weighted by atomic mass is 32.1. The van der Waals surface area contributed by atoms with Crippen molar-refractivity contribution in [2.75, 3.05) is 6.54 Å². The number of carbonyl (C=O) groups is 1. The number of rotatable bonds is 4. The van der Waals surface area contributed by atoms with Crippen molar-refractivity contribution in [1.29, 1.82) is 0 Å². The van der Waals surface area contributed by atoms with Crippen molar-refractivity contribution in [3.63, 3.8) is 0 Å². The van der Waals surface area contributed by atoms with Gasteiger partial charge in [0.15, 0.2) is 5.11 Å². The van der Waals surface area contributed by atoms with Crippen LogP contribution < -0.4 is 5.32 Å². The zero-order chi connectivity index (χ0) is 10.6. The second-order valence-electron chi connectivity index (χ2n) is 3.27. The first kappa shape index (κ1) is 11.2. The third-order valence-electron chi connectivity index (χ3n) is 2.11. The lowest BCUT2D eigenvalue weighted by Gasteiger charge is -2.12. The summed E-state index contributed by atoms with van der Waals surface area (Å²) in [6.07, 6.45) is 4.78. The molecule has 1 aliphatic rings. The van der Waals surface area contributed by atoms with Gasteiger partial charge in [-0.1, -0.05) is 26.3 Å². The Kier molecular flexibility index (Phi) is 4.07. The van der Waals surface area contributed by atoms with Gasteiger partial charge in [0.2, 0.25) is 0 Å². The first-order chi connectivity index (χ1) is 6.70. The molecule has 0 radical (unpaired) electrons. The van der Waals surface area contributed by atoms with E-state index < -0.39 is 0 Å². The average Bonchev–Trinajstić information content (AvgIpc) is 2.41. The van der Waals surface area contributed by atoms with Crippen molar-refractivity contribution >= 4 is 23.2 Å². The van der Waals surface area contributed by atoms with Crippen molar-refractivity contribution in [3.8, 4) is 0 Å². The zero-order valence-electron chi connectivity index (χ0n) is 8.67. The van der Waals surface area contributed by atoms with Crippen LogP contribution in [0, 0.1) is 0 Å². The molecule has 0 aliphatic carbocycles. The largest absolute Gasteiger partial charge is 0.328 e. The summed E-state index contributed by atoms with van der Waals surface area (Å²) in [5, 5.41) is 3.48. The van der Waals surface area contributed by atoms with E-state index in [0.717, 1.165) is 25.8 Å². The minimum atomic E-state index is 0.0188. The van der Waals surface area contributed by atoms with E-state index in [2.05, 4.69) is 12.2 Å². The lowest BCUT2D eigenvalue weighted by Crippen LogP contribution is -2.31. The summed E-state index contributed by atoms with van der Waals surface area (Å²) in [5.41, 5.74) is 0.633. The Hall–Kier alpha value is -0.900. The molecule has 0 atom stereocenters. The molecule has 0 spiro atoms. The highest BCUT2D eigenvalue weighted by Crippen LogP contribution is 2.11. The summed E-state index contributed by atoms with van der Waals surface area (Å²) in [4.78, 5) is 13.4. The fourth-order valence-corrected chi connectivity index (χ4v) is 1.62. The molecule has 0 unspecified atom stereocenters. The van der Waals surface area contributed by atoms with Crippen LogP contribution in [0.1, 0.15) is 33.1 Å². The van der Waals surface area contributed by atoms with Crippen LogP contribution in [0.15, 0.2) is 11.8 Å². The zero-order valence-corrected chi connectivity index (χ0v) is 9.49. The van der Waals surface area contributed by atoms with E-state index in [1.54, 1.807) is 4.90 Å². The molecule has 1 amide bonds. The van der Waals surface area contributed by atoms with Crippen molar-refractivity contribution in [2.45, 2.75) is 33.1 Å². The van der Waals surface area contributed by atoms with Crippen LogP contribution in [0.4, 0.5) is 0 Å². The quantitative estimate of drug-likeness (QED) is 0.569. The van der Waals surface area contributed by atoms with E-state index in [9.17, 15) is 4.79 Å². The second-order valence-corrected chi connectivity index (χ2v) is 3.65. The summed E-state index contributed by atoms with van der Waals surface area (Å²) >= 11 is 5.08. The topological polar surface area (TPSA) is 32.3 Å². The molecular weight excluding hydrogens is 196 g/mol. The minimum absolute atomic E-state index is 0.0188. The number of thiocarbonyl (C=S) groups is 1. The first-order valence-electron chi connectivity index (χ1n) is 5.03. The van der Waals surface area contributed by atoms with E-state index in [-0.39, 0.29) is 5.91 Å². The SMILES string of the molecule is CC/C=C1/NC(=S)N(CCCC)C1=O. The molecule has 0 bridgehead atoms. The maximum Gasteiger partial charge on any atom is 0.276 e. The molecule has 78 valence electrons. The van der Waals surface area contributed by atoms with Gasteiger partial charge < -0.3 is 5.32 Å². The molecule has 0 aromatic rings. The molecule has 1 fully saturated rings. The molecular formula is C10H16N2OS. The fraction of sp³-hybridized carbons (Fsp3) is 0.600. The summed E-state index contributed by atoms with van der Waals surface area (Å²) in [7, 11) is 0. The number of hydrogen-bond acceptors (Lipinski definition) is 2. The number of carbonyl (C=O) groups excluding carboxylic acids is 1. The van der Waals surface area contributed by atoms with Crippen LogP contribution in [0.25, 0.3) is 0 Å². The molecule has 0 aromatic carbocycles. The van der Waals surface area contributed by atoms with Gasteiger partial charge in [0.05, 0.1) is 0 Å². The lowest BCUT2D eigenvalue weighted by molar-refractivity contribution is -0.122. The molecule has 14 heavy (non-hydrogen) atoms. The van der Waals surface area contributed by atoms with E-state index in [1.807, 2.05) is 13.0 Å². The summed E-state index contributed by atoms with van der Waals surface area (Å²) in [6, 6.07) is 0. The molecule has 1 heterocycles. The van der Waals surface area contributed by atoms with Crippen LogP contribution in [0.3, 0.4) is 0 Å². The summed E-state index contributed by atoms with van der Waals surface area (Å²) in [5.74, 6) is 0.0188. The molecule has 1 rings (SSSR count). The Labute approximate surface area is 90.2 Å². The Morgan fingerprint density at radius 3 is 2.79 bits per heavy atom. The Morgan fingerprint density at radius 2 is 2.21 bits per heavy atom. The third kappa shape index (κ3) is 2.32. The van der Waals surface area contributed by atoms with E-state index in [0.29, 0.717) is 10.8 Å². The molecule has 0 saturated carbocycles. The summed E-state index contributed by atoms with van der Waals surface area (Å²) in [6.45, 7) is 4.82. The molecule has 1 aliphatic heterocycles. The van der Waals surface area contributed by atoms with Gasteiger partial charge in [0, 0.05) is 6.54 Å². The first-order valence-corrected chi connectivity index (χ1v) is 5.44. The molecule has 3 nitrogen and oxygen atoms in total. The fourth-order valence-electron chi connectivity index (χ4n) is 1.34. The van der Waals surface area contributed by atoms with Crippen LogP contribution in [-0.2, 0) is 4.79 Å². The maximum absolute atomic E-state index is 11.7. The van der Waals surface area contributed by atoms with Crippen molar-refractivity contribution in [1.82, 2.24) is 10.2 Å². The van der Waals surface area contributed by atoms with Crippen molar-refractivity contribution in [2.24, 2.45) is 0 Å². The van der Waals surface area contributed by atoms with Crippen LogP contribution in [0.2, 0.25) is 0 Å². The number of allylic oxidation sites excluding steroid dienone is 1. The average molecular weight is 212 g/mol. The van der Waals surface area contributed by atoms with Gasteiger partial charge in [-0.2, -0.15) is 0 Å². The highest BCUT2D eigenvalue weighted by molar-refractivity contribution is 7.80. The van der Waals surface area contributed by atoms with Gasteiger partial charge in [-0.15, -0.1) is 0 Å². The van der Waals surface area contributed by atoms with Crippen molar-refractivity contribution in [3.05, 3.63) is 11.8 Å². The second kappa shape index (κ2) is 5.10.